The Morgan fingerprint density at radius 3 is 1.52 bits per heavy atom. The van der Waals surface area contributed by atoms with Crippen LogP contribution in [0.15, 0.2) is 36.4 Å². The molecule has 2 aromatic carbocycles. The van der Waals surface area contributed by atoms with Gasteiger partial charge in [0, 0.05) is 20.2 Å². The van der Waals surface area contributed by atoms with Gasteiger partial charge in [-0.1, -0.05) is 39.8 Å². The minimum Gasteiger partial charge on any atom is -0.135 e. The molecule has 0 nitrogen and oxygen atoms in total. The van der Waals surface area contributed by atoms with Crippen LogP contribution in [0.3, 0.4) is 0 Å². The molecule has 0 N–H and O–H groups in total. The maximum absolute atomic E-state index is 2.41. The fraction of sp³-hybridized carbons (Fsp3) is 0.400. The predicted molar refractivity (Wildman–Crippen MR) is 96.4 cm³/mol. The molecule has 0 aliphatic rings. The molecule has 0 bridgehead atoms. The molecule has 21 heavy (non-hydrogen) atoms. The summed E-state index contributed by atoms with van der Waals surface area (Å²) in [5.41, 5.74) is 2.93. The zero-order chi connectivity index (χ0) is 15.0. The van der Waals surface area contributed by atoms with E-state index >= 15 is 0 Å². The number of hydrogen-bond donors (Lipinski definition) is 0. The van der Waals surface area contributed by atoms with Gasteiger partial charge in [0.2, 0.25) is 0 Å². The molecule has 1 aromatic heterocycles. The zero-order valence-electron chi connectivity index (χ0n) is 13.4. The topological polar surface area (TPSA) is 0 Å². The molecule has 0 radical (unpaired) electrons. The molecule has 0 aliphatic heterocycles. The Bertz CT molecular complexity index is 698. The lowest BCUT2D eigenvalue weighted by Gasteiger charge is -2.06. The maximum Gasteiger partial charge on any atom is 0.0355 e. The van der Waals surface area contributed by atoms with Gasteiger partial charge in [0.1, 0.15) is 0 Å². The SMILES string of the molecule is CC(C)Cc1ccc2sc3ccc(CC(C)C)cc3c2c1. The Labute approximate surface area is 131 Å². The highest BCUT2D eigenvalue weighted by molar-refractivity contribution is 7.25. The number of rotatable bonds is 4. The molecule has 1 heterocycles. The Morgan fingerprint density at radius 1 is 0.714 bits per heavy atom. The summed E-state index contributed by atoms with van der Waals surface area (Å²) >= 11 is 1.92. The molecule has 0 saturated carbocycles. The molecule has 0 saturated heterocycles. The van der Waals surface area contributed by atoms with Crippen molar-refractivity contribution in [2.75, 3.05) is 0 Å². The Hall–Kier alpha value is -1.34. The summed E-state index contributed by atoms with van der Waals surface area (Å²) < 4.78 is 2.83. The van der Waals surface area contributed by atoms with E-state index in [0.29, 0.717) is 11.8 Å². The van der Waals surface area contributed by atoms with Gasteiger partial charge in [-0.2, -0.15) is 0 Å². The lowest BCUT2D eigenvalue weighted by Crippen LogP contribution is -1.93. The van der Waals surface area contributed by atoms with E-state index in [9.17, 15) is 0 Å². The second-order valence-electron chi connectivity index (χ2n) is 6.96. The Morgan fingerprint density at radius 2 is 1.14 bits per heavy atom. The highest BCUT2D eigenvalue weighted by Gasteiger charge is 2.08. The van der Waals surface area contributed by atoms with Crippen molar-refractivity contribution in [1.29, 1.82) is 0 Å². The lowest BCUT2D eigenvalue weighted by molar-refractivity contribution is 0.647. The van der Waals surface area contributed by atoms with E-state index in [0.717, 1.165) is 0 Å². The van der Waals surface area contributed by atoms with Gasteiger partial charge in [0.25, 0.3) is 0 Å². The highest BCUT2D eigenvalue weighted by atomic mass is 32.1. The summed E-state index contributed by atoms with van der Waals surface area (Å²) in [6, 6.07) is 14.0. The Kier molecular flexibility index (Phi) is 4.03. The van der Waals surface area contributed by atoms with Crippen molar-refractivity contribution in [1.82, 2.24) is 0 Å². The second kappa shape index (κ2) is 5.81. The molecule has 0 amide bonds. The standard InChI is InChI=1S/C20H24S/c1-13(2)9-15-5-7-19-17(11-15)18-12-16(10-14(3)4)6-8-20(18)21-19/h5-8,11-14H,9-10H2,1-4H3. The van der Waals surface area contributed by atoms with E-state index < -0.39 is 0 Å². The molecule has 0 atom stereocenters. The van der Waals surface area contributed by atoms with Gasteiger partial charge in [-0.25, -0.2) is 0 Å². The second-order valence-corrected chi connectivity index (χ2v) is 8.04. The normalized spacial score (nSPS) is 12.1. The first kappa shape index (κ1) is 14.6. The number of benzene rings is 2. The van der Waals surface area contributed by atoms with E-state index in [1.807, 2.05) is 11.3 Å². The third-order valence-electron chi connectivity index (χ3n) is 3.89. The van der Waals surface area contributed by atoms with Gasteiger partial charge in [-0.05, 0) is 60.1 Å². The summed E-state index contributed by atoms with van der Waals surface area (Å²) in [5.74, 6) is 1.42. The van der Waals surface area contributed by atoms with Gasteiger partial charge in [0.15, 0.2) is 0 Å². The van der Waals surface area contributed by atoms with Gasteiger partial charge in [-0.15, -0.1) is 11.3 Å². The van der Waals surface area contributed by atoms with Crippen LogP contribution in [0.1, 0.15) is 38.8 Å². The average Bonchev–Trinajstić information content (AvgIpc) is 2.75. The minimum absolute atomic E-state index is 0.712. The first-order valence-electron chi connectivity index (χ1n) is 7.97. The number of hydrogen-bond acceptors (Lipinski definition) is 1. The van der Waals surface area contributed by atoms with Crippen LogP contribution in [-0.2, 0) is 12.8 Å². The van der Waals surface area contributed by atoms with Crippen LogP contribution in [0.4, 0.5) is 0 Å². The molecule has 1 heteroatoms. The lowest BCUT2D eigenvalue weighted by atomic mass is 9.99. The fourth-order valence-electron chi connectivity index (χ4n) is 3.07. The van der Waals surface area contributed by atoms with Crippen molar-refractivity contribution in [3.63, 3.8) is 0 Å². The molecule has 3 rings (SSSR count). The van der Waals surface area contributed by atoms with Gasteiger partial charge >= 0.3 is 0 Å². The molecule has 0 aliphatic carbocycles. The van der Waals surface area contributed by atoms with Crippen molar-refractivity contribution in [2.45, 2.75) is 40.5 Å². The summed E-state index contributed by atoms with van der Waals surface area (Å²) in [6.45, 7) is 9.15. The van der Waals surface area contributed by atoms with Crippen molar-refractivity contribution in [3.8, 4) is 0 Å². The highest BCUT2D eigenvalue weighted by Crippen LogP contribution is 2.35. The van der Waals surface area contributed by atoms with E-state index in [2.05, 4.69) is 64.1 Å². The maximum atomic E-state index is 2.41. The fourth-order valence-corrected chi connectivity index (χ4v) is 4.14. The van der Waals surface area contributed by atoms with Crippen molar-refractivity contribution >= 4 is 31.5 Å². The van der Waals surface area contributed by atoms with E-state index in [4.69, 9.17) is 0 Å². The third kappa shape index (κ3) is 3.13. The van der Waals surface area contributed by atoms with Crippen LogP contribution in [-0.4, -0.2) is 0 Å². The molecular weight excluding hydrogens is 272 g/mol. The first-order chi connectivity index (χ1) is 10.0. The van der Waals surface area contributed by atoms with Crippen LogP contribution in [0.2, 0.25) is 0 Å². The quantitative estimate of drug-likeness (QED) is 0.519. The number of thiophene rings is 1. The van der Waals surface area contributed by atoms with E-state index in [1.54, 1.807) is 0 Å². The van der Waals surface area contributed by atoms with Crippen LogP contribution < -0.4 is 0 Å². The molecule has 0 fully saturated rings. The zero-order valence-corrected chi connectivity index (χ0v) is 14.3. The van der Waals surface area contributed by atoms with E-state index in [-0.39, 0.29) is 0 Å². The van der Waals surface area contributed by atoms with Gasteiger partial charge < -0.3 is 0 Å². The number of fused-ring (bicyclic) bond motifs is 3. The van der Waals surface area contributed by atoms with Gasteiger partial charge in [-0.3, -0.25) is 0 Å². The monoisotopic (exact) mass is 296 g/mol. The van der Waals surface area contributed by atoms with Crippen molar-refractivity contribution in [3.05, 3.63) is 47.5 Å². The van der Waals surface area contributed by atoms with E-state index in [1.165, 1.54) is 44.1 Å². The average molecular weight is 296 g/mol. The summed E-state index contributed by atoms with van der Waals surface area (Å²) in [6.07, 6.45) is 2.33. The first-order valence-corrected chi connectivity index (χ1v) is 8.78. The van der Waals surface area contributed by atoms with Crippen LogP contribution in [0.5, 0.6) is 0 Å². The smallest absolute Gasteiger partial charge is 0.0355 e. The summed E-state index contributed by atoms with van der Waals surface area (Å²) in [5, 5.41) is 2.89. The van der Waals surface area contributed by atoms with Crippen LogP contribution in [0.25, 0.3) is 20.2 Å². The predicted octanol–water partition coefficient (Wildman–Crippen LogP) is 6.45. The minimum atomic E-state index is 0.712. The van der Waals surface area contributed by atoms with Crippen LogP contribution in [0, 0.1) is 11.8 Å². The van der Waals surface area contributed by atoms with Crippen molar-refractivity contribution < 1.29 is 0 Å². The molecular formula is C20H24S. The third-order valence-corrected chi connectivity index (χ3v) is 5.04. The largest absolute Gasteiger partial charge is 0.135 e. The van der Waals surface area contributed by atoms with Gasteiger partial charge in [0.05, 0.1) is 0 Å². The molecule has 110 valence electrons. The van der Waals surface area contributed by atoms with Crippen molar-refractivity contribution in [2.24, 2.45) is 11.8 Å². The molecule has 3 aromatic rings. The summed E-state index contributed by atoms with van der Waals surface area (Å²) in [4.78, 5) is 0. The summed E-state index contributed by atoms with van der Waals surface area (Å²) in [7, 11) is 0. The van der Waals surface area contributed by atoms with Crippen LogP contribution >= 0.6 is 11.3 Å². The Balaban J connectivity index is 2.11. The molecule has 0 unspecified atom stereocenters. The molecule has 0 spiro atoms.